The third kappa shape index (κ3) is 4.01. The van der Waals surface area contributed by atoms with E-state index >= 15 is 0 Å². The number of nitrogens with zero attached hydrogens (tertiary/aromatic N) is 3. The van der Waals surface area contributed by atoms with E-state index in [1.807, 2.05) is 54.9 Å². The summed E-state index contributed by atoms with van der Waals surface area (Å²) in [6.45, 7) is 8.51. The quantitative estimate of drug-likeness (QED) is 0.518. The van der Waals surface area contributed by atoms with Crippen molar-refractivity contribution in [2.75, 3.05) is 7.11 Å². The average Bonchev–Trinajstić information content (AvgIpc) is 3.11. The molecule has 2 heterocycles. The molecule has 2 aromatic heterocycles. The fourth-order valence-electron chi connectivity index (χ4n) is 3.71. The van der Waals surface area contributed by atoms with E-state index in [0.29, 0.717) is 17.9 Å². The van der Waals surface area contributed by atoms with Crippen LogP contribution >= 0.6 is 0 Å². The average molecular weight is 415 g/mol. The summed E-state index contributed by atoms with van der Waals surface area (Å²) in [5.41, 5.74) is 7.22. The smallest absolute Gasteiger partial charge is 0.270 e. The number of hydrogen-bond donors (Lipinski definition) is 1. The van der Waals surface area contributed by atoms with Gasteiger partial charge in [-0.1, -0.05) is 18.2 Å². The first-order valence-corrected chi connectivity index (χ1v) is 10.2. The molecule has 6 heteroatoms. The Morgan fingerprint density at radius 1 is 1.00 bits per heavy atom. The molecule has 0 bridgehead atoms. The number of pyridine rings is 1. The first kappa shape index (κ1) is 20.6. The number of amides is 1. The Morgan fingerprint density at radius 2 is 1.81 bits per heavy atom. The summed E-state index contributed by atoms with van der Waals surface area (Å²) in [4.78, 5) is 17.6. The van der Waals surface area contributed by atoms with Crippen molar-refractivity contribution < 1.29 is 9.53 Å². The predicted molar refractivity (Wildman–Crippen MR) is 122 cm³/mol. The van der Waals surface area contributed by atoms with Crippen molar-refractivity contribution in [1.82, 2.24) is 20.1 Å². The fourth-order valence-corrected chi connectivity index (χ4v) is 3.71. The number of carbonyl (C=O) groups is 1. The number of hydrogen-bond acceptors (Lipinski definition) is 4. The van der Waals surface area contributed by atoms with Gasteiger partial charge >= 0.3 is 0 Å². The van der Waals surface area contributed by atoms with Crippen LogP contribution in [0.5, 0.6) is 5.75 Å². The topological polar surface area (TPSA) is 69.0 Å². The third-order valence-corrected chi connectivity index (χ3v) is 5.56. The largest absolute Gasteiger partial charge is 0.497 e. The molecule has 0 aliphatic rings. The Balaban J connectivity index is 1.68. The summed E-state index contributed by atoms with van der Waals surface area (Å²) in [6.07, 6.45) is 0. The maximum atomic E-state index is 12.9. The summed E-state index contributed by atoms with van der Waals surface area (Å²) in [6, 6.07) is 15.6. The monoisotopic (exact) mass is 414 g/mol. The van der Waals surface area contributed by atoms with Crippen molar-refractivity contribution in [2.45, 2.75) is 34.2 Å². The molecule has 0 aliphatic heterocycles. The van der Waals surface area contributed by atoms with Gasteiger partial charge in [0, 0.05) is 11.9 Å². The Bertz CT molecular complexity index is 1290. The van der Waals surface area contributed by atoms with E-state index < -0.39 is 0 Å². The second-order valence-electron chi connectivity index (χ2n) is 7.82. The summed E-state index contributed by atoms with van der Waals surface area (Å²) in [5, 5.41) is 8.64. The molecule has 0 fully saturated rings. The van der Waals surface area contributed by atoms with E-state index in [4.69, 9.17) is 14.8 Å². The van der Waals surface area contributed by atoms with Gasteiger partial charge in [0.25, 0.3) is 5.91 Å². The zero-order valence-electron chi connectivity index (χ0n) is 18.5. The fraction of sp³-hybridized carbons (Fsp3) is 0.240. The summed E-state index contributed by atoms with van der Waals surface area (Å²) >= 11 is 0. The van der Waals surface area contributed by atoms with Crippen molar-refractivity contribution in [2.24, 2.45) is 0 Å². The molecule has 0 saturated heterocycles. The molecule has 0 radical (unpaired) electrons. The first-order valence-electron chi connectivity index (χ1n) is 10.2. The lowest BCUT2D eigenvalue weighted by molar-refractivity contribution is 0.0946. The number of benzene rings is 2. The molecule has 0 aliphatic carbocycles. The molecule has 4 rings (SSSR count). The molecule has 0 saturated carbocycles. The van der Waals surface area contributed by atoms with Gasteiger partial charge in [-0.3, -0.25) is 4.79 Å². The second-order valence-corrected chi connectivity index (χ2v) is 7.82. The Labute approximate surface area is 181 Å². The normalized spacial score (nSPS) is 11.0. The number of methoxy groups -OCH3 is 1. The zero-order chi connectivity index (χ0) is 22.1. The Morgan fingerprint density at radius 3 is 2.55 bits per heavy atom. The van der Waals surface area contributed by atoms with E-state index in [1.54, 1.807) is 7.11 Å². The Hall–Kier alpha value is -3.67. The van der Waals surface area contributed by atoms with Crippen LogP contribution in [0.3, 0.4) is 0 Å². The van der Waals surface area contributed by atoms with Crippen molar-refractivity contribution in [3.8, 4) is 11.4 Å². The van der Waals surface area contributed by atoms with Crippen LogP contribution in [-0.4, -0.2) is 27.8 Å². The van der Waals surface area contributed by atoms with Gasteiger partial charge in [0.05, 0.1) is 18.5 Å². The van der Waals surface area contributed by atoms with Gasteiger partial charge < -0.3 is 10.1 Å². The van der Waals surface area contributed by atoms with Gasteiger partial charge in [-0.05, 0) is 80.3 Å². The van der Waals surface area contributed by atoms with Gasteiger partial charge in [-0.2, -0.15) is 5.10 Å². The van der Waals surface area contributed by atoms with Gasteiger partial charge in [0.2, 0.25) is 0 Å². The van der Waals surface area contributed by atoms with Crippen LogP contribution in [0, 0.1) is 27.7 Å². The molecule has 0 unspecified atom stereocenters. The van der Waals surface area contributed by atoms with E-state index in [0.717, 1.165) is 33.6 Å². The van der Waals surface area contributed by atoms with Gasteiger partial charge in [0.1, 0.15) is 11.4 Å². The van der Waals surface area contributed by atoms with E-state index in [2.05, 4.69) is 31.3 Å². The van der Waals surface area contributed by atoms with Crippen LogP contribution in [0.4, 0.5) is 0 Å². The molecule has 4 aromatic rings. The minimum absolute atomic E-state index is 0.224. The molecule has 0 spiro atoms. The second kappa shape index (κ2) is 8.22. The molecular weight excluding hydrogens is 388 g/mol. The molecule has 1 N–H and O–H groups in total. The molecular formula is C25H26N4O2. The number of aryl methyl sites for hydroxylation is 4. The maximum absolute atomic E-state index is 12.9. The van der Waals surface area contributed by atoms with Crippen LogP contribution in [0.1, 0.15) is 38.4 Å². The molecule has 1 amide bonds. The van der Waals surface area contributed by atoms with Crippen LogP contribution in [-0.2, 0) is 6.54 Å². The van der Waals surface area contributed by atoms with Crippen molar-refractivity contribution in [3.05, 3.63) is 82.2 Å². The van der Waals surface area contributed by atoms with E-state index in [-0.39, 0.29) is 5.91 Å². The summed E-state index contributed by atoms with van der Waals surface area (Å²) in [7, 11) is 1.63. The molecule has 6 nitrogen and oxygen atoms in total. The minimum atomic E-state index is -0.224. The standard InChI is InChI=1S/C25H26N4O2/c1-15-9-10-20(11-16(15)2)29-24-23(18(4)28-29)17(3)12-22(27-24)25(30)26-14-19-7-6-8-21(13-19)31-5/h6-13H,14H2,1-5H3,(H,26,30). The predicted octanol–water partition coefficient (Wildman–Crippen LogP) is 4.59. The maximum Gasteiger partial charge on any atom is 0.270 e. The minimum Gasteiger partial charge on any atom is -0.497 e. The highest BCUT2D eigenvalue weighted by Gasteiger charge is 2.17. The van der Waals surface area contributed by atoms with Gasteiger partial charge in [0.15, 0.2) is 5.65 Å². The third-order valence-electron chi connectivity index (χ3n) is 5.56. The highest BCUT2D eigenvalue weighted by Crippen LogP contribution is 2.25. The van der Waals surface area contributed by atoms with E-state index in [9.17, 15) is 4.79 Å². The first-order chi connectivity index (χ1) is 14.9. The molecule has 31 heavy (non-hydrogen) atoms. The van der Waals surface area contributed by atoms with Crippen molar-refractivity contribution in [3.63, 3.8) is 0 Å². The summed E-state index contributed by atoms with van der Waals surface area (Å²) in [5.74, 6) is 0.535. The highest BCUT2D eigenvalue weighted by molar-refractivity contribution is 5.96. The number of nitrogens with one attached hydrogen (secondary N) is 1. The molecule has 2 aromatic carbocycles. The highest BCUT2D eigenvalue weighted by atomic mass is 16.5. The summed E-state index contributed by atoms with van der Waals surface area (Å²) < 4.78 is 7.07. The zero-order valence-corrected chi connectivity index (χ0v) is 18.5. The van der Waals surface area contributed by atoms with Crippen LogP contribution < -0.4 is 10.1 Å². The number of ether oxygens (including phenoxy) is 1. The number of aromatic nitrogens is 3. The SMILES string of the molecule is COc1cccc(CNC(=O)c2cc(C)c3c(C)nn(-c4ccc(C)c(C)c4)c3n2)c1. The molecule has 158 valence electrons. The number of rotatable bonds is 5. The lowest BCUT2D eigenvalue weighted by atomic mass is 10.1. The van der Waals surface area contributed by atoms with Gasteiger partial charge in [-0.25, -0.2) is 9.67 Å². The molecule has 0 atom stereocenters. The van der Waals surface area contributed by atoms with Crippen molar-refractivity contribution in [1.29, 1.82) is 0 Å². The van der Waals surface area contributed by atoms with Crippen LogP contribution in [0.25, 0.3) is 16.7 Å². The van der Waals surface area contributed by atoms with Crippen LogP contribution in [0.15, 0.2) is 48.5 Å². The Kier molecular flexibility index (Phi) is 5.46. The lowest BCUT2D eigenvalue weighted by Crippen LogP contribution is -2.24. The van der Waals surface area contributed by atoms with Crippen LogP contribution in [0.2, 0.25) is 0 Å². The lowest BCUT2D eigenvalue weighted by Gasteiger charge is -2.09. The van der Waals surface area contributed by atoms with Gasteiger partial charge in [-0.15, -0.1) is 0 Å². The number of carbonyl (C=O) groups excluding carboxylic acids is 1. The number of fused-ring (bicyclic) bond motifs is 1. The van der Waals surface area contributed by atoms with E-state index in [1.165, 1.54) is 11.1 Å². The van der Waals surface area contributed by atoms with Crippen molar-refractivity contribution >= 4 is 16.9 Å².